The zero-order valence-electron chi connectivity index (χ0n) is 18.4. The van der Waals surface area contributed by atoms with Crippen molar-refractivity contribution in [2.75, 3.05) is 6.61 Å². The summed E-state index contributed by atoms with van der Waals surface area (Å²) in [7, 11) is 0. The van der Waals surface area contributed by atoms with Crippen LogP contribution in [0.2, 0.25) is 5.02 Å². The number of carbonyl (C=O) groups excluding carboxylic acids is 1. The lowest BCUT2D eigenvalue weighted by Crippen LogP contribution is -2.29. The first kappa shape index (κ1) is 23.2. The van der Waals surface area contributed by atoms with Crippen LogP contribution in [0.4, 0.5) is 8.78 Å². The summed E-state index contributed by atoms with van der Waals surface area (Å²) in [6.45, 7) is -0.189. The van der Waals surface area contributed by atoms with Crippen LogP contribution in [0, 0.1) is 11.6 Å². The molecule has 1 atom stereocenters. The van der Waals surface area contributed by atoms with Crippen molar-refractivity contribution >= 4 is 23.0 Å². The Bertz CT molecular complexity index is 1480. The van der Waals surface area contributed by atoms with Crippen LogP contribution in [-0.4, -0.2) is 32.2 Å². The Morgan fingerprint density at radius 1 is 1.23 bits per heavy atom. The van der Waals surface area contributed by atoms with Gasteiger partial charge in [0, 0.05) is 23.4 Å². The number of aromatic amines is 1. The molecule has 2 aromatic heterocycles. The van der Waals surface area contributed by atoms with Gasteiger partial charge in [-0.2, -0.15) is 0 Å². The van der Waals surface area contributed by atoms with Gasteiger partial charge in [-0.05, 0) is 61.1 Å². The molecule has 10 heteroatoms. The first-order valence-electron chi connectivity index (χ1n) is 11.1. The summed E-state index contributed by atoms with van der Waals surface area (Å²) in [5.41, 5.74) is 1.25. The molecule has 1 amide bonds. The molecule has 0 bridgehead atoms. The lowest BCUT2D eigenvalue weighted by atomic mass is 10.0. The van der Waals surface area contributed by atoms with Gasteiger partial charge in [0.1, 0.15) is 17.2 Å². The second kappa shape index (κ2) is 9.24. The number of nitrogens with zero attached hydrogens (tertiary/aromatic N) is 2. The van der Waals surface area contributed by atoms with Gasteiger partial charge in [0.25, 0.3) is 11.5 Å². The molecular formula is C25H21ClF2N4O3. The van der Waals surface area contributed by atoms with Gasteiger partial charge in [-0.1, -0.05) is 23.7 Å². The van der Waals surface area contributed by atoms with E-state index in [9.17, 15) is 23.5 Å². The maximum atomic E-state index is 14.4. The van der Waals surface area contributed by atoms with Crippen LogP contribution >= 0.6 is 11.6 Å². The second-order valence-electron chi connectivity index (χ2n) is 8.54. The quantitative estimate of drug-likeness (QED) is 0.352. The summed E-state index contributed by atoms with van der Waals surface area (Å²) in [5.74, 6) is -1.45. The molecule has 1 unspecified atom stereocenters. The summed E-state index contributed by atoms with van der Waals surface area (Å²) >= 11 is 5.99. The van der Waals surface area contributed by atoms with Crippen LogP contribution in [0.1, 0.15) is 52.7 Å². The third kappa shape index (κ3) is 4.56. The van der Waals surface area contributed by atoms with Gasteiger partial charge in [-0.15, -0.1) is 5.10 Å². The van der Waals surface area contributed by atoms with Crippen molar-refractivity contribution in [2.45, 2.75) is 31.2 Å². The Morgan fingerprint density at radius 2 is 1.97 bits per heavy atom. The molecule has 0 aliphatic heterocycles. The molecular weight excluding hydrogens is 478 g/mol. The van der Waals surface area contributed by atoms with Crippen LogP contribution in [0.3, 0.4) is 0 Å². The van der Waals surface area contributed by atoms with Crippen molar-refractivity contribution in [1.82, 2.24) is 19.9 Å². The summed E-state index contributed by atoms with van der Waals surface area (Å²) < 4.78 is 29.1. The van der Waals surface area contributed by atoms with Crippen molar-refractivity contribution in [1.29, 1.82) is 0 Å². The van der Waals surface area contributed by atoms with Gasteiger partial charge >= 0.3 is 0 Å². The van der Waals surface area contributed by atoms with Crippen molar-refractivity contribution in [2.24, 2.45) is 0 Å². The molecule has 3 N–H and O–H groups in total. The number of halogens is 3. The normalized spacial score (nSPS) is 14.3. The molecule has 1 aliphatic rings. The van der Waals surface area contributed by atoms with E-state index in [2.05, 4.69) is 15.4 Å². The fourth-order valence-corrected chi connectivity index (χ4v) is 4.43. The minimum Gasteiger partial charge on any atom is -0.396 e. The molecule has 0 spiro atoms. The van der Waals surface area contributed by atoms with Crippen molar-refractivity contribution in [3.8, 4) is 11.4 Å². The maximum absolute atomic E-state index is 14.4. The molecule has 0 saturated heterocycles. The van der Waals surface area contributed by atoms with E-state index in [1.165, 1.54) is 41.0 Å². The Labute approximate surface area is 203 Å². The molecule has 5 rings (SSSR count). The summed E-state index contributed by atoms with van der Waals surface area (Å²) in [6.07, 6.45) is 3.32. The van der Waals surface area contributed by atoms with Gasteiger partial charge in [0.15, 0.2) is 5.82 Å². The van der Waals surface area contributed by atoms with Crippen molar-refractivity contribution in [3.63, 3.8) is 0 Å². The Balaban J connectivity index is 1.56. The fourth-order valence-electron chi connectivity index (χ4n) is 4.26. The number of amides is 1. The number of nitrogens with one attached hydrogen (secondary N) is 2. The van der Waals surface area contributed by atoms with E-state index in [-0.39, 0.29) is 46.4 Å². The predicted octanol–water partition coefficient (Wildman–Crippen LogP) is 4.35. The molecule has 1 aliphatic carbocycles. The van der Waals surface area contributed by atoms with Crippen LogP contribution < -0.4 is 10.9 Å². The van der Waals surface area contributed by atoms with Crippen LogP contribution in [0.15, 0.2) is 53.5 Å². The Morgan fingerprint density at radius 3 is 2.66 bits per heavy atom. The fraction of sp³-hybridized carbons (Fsp3) is 0.240. The Kier molecular flexibility index (Phi) is 6.12. The third-order valence-electron chi connectivity index (χ3n) is 6.09. The summed E-state index contributed by atoms with van der Waals surface area (Å²) in [6, 6.07) is 9.04. The summed E-state index contributed by atoms with van der Waals surface area (Å²) in [5, 5.41) is 17.0. The molecule has 1 fully saturated rings. The van der Waals surface area contributed by atoms with Crippen LogP contribution in [-0.2, 0) is 0 Å². The third-order valence-corrected chi connectivity index (χ3v) is 6.32. The topological polar surface area (TPSA) is 99.5 Å². The number of aliphatic hydroxyl groups excluding tert-OH is 1. The molecule has 7 nitrogen and oxygen atoms in total. The average Bonchev–Trinajstić information content (AvgIpc) is 3.60. The SMILES string of the molecule is O=C(NC(CCO)c1ccc(F)cc1)c1cn2nc(-c3cc(Cl)ccc3F)[nH]c(=O)c2c1C1CC1. The highest BCUT2D eigenvalue weighted by Crippen LogP contribution is 2.43. The highest BCUT2D eigenvalue weighted by atomic mass is 35.5. The monoisotopic (exact) mass is 498 g/mol. The molecule has 1 saturated carbocycles. The number of aromatic nitrogens is 3. The van der Waals surface area contributed by atoms with E-state index in [1.54, 1.807) is 12.1 Å². The second-order valence-corrected chi connectivity index (χ2v) is 8.98. The standard InChI is InChI=1S/C25H21ClF2N4O3/c26-15-5-8-19(28)17(11-15)23-30-25(35)22-21(14-1-2-14)18(12-32(22)31-23)24(34)29-20(9-10-33)13-3-6-16(27)7-4-13/h3-8,11-12,14,20,33H,1-2,9-10H2,(H,29,34)(H,30,31,35). The molecule has 4 aromatic rings. The van der Waals surface area contributed by atoms with E-state index >= 15 is 0 Å². The average molecular weight is 499 g/mol. The Hall–Kier alpha value is -3.56. The molecule has 0 radical (unpaired) electrons. The number of carbonyl (C=O) groups is 1. The number of hydrogen-bond acceptors (Lipinski definition) is 4. The zero-order chi connectivity index (χ0) is 24.7. The molecule has 2 aromatic carbocycles. The molecule has 2 heterocycles. The smallest absolute Gasteiger partial charge is 0.275 e. The lowest BCUT2D eigenvalue weighted by molar-refractivity contribution is 0.0929. The van der Waals surface area contributed by atoms with E-state index < -0.39 is 29.1 Å². The number of fused-ring (bicyclic) bond motifs is 1. The minimum atomic E-state index is -0.601. The number of H-pyrrole nitrogens is 1. The highest BCUT2D eigenvalue weighted by molar-refractivity contribution is 6.30. The first-order chi connectivity index (χ1) is 16.9. The number of hydrogen-bond donors (Lipinski definition) is 3. The van der Waals surface area contributed by atoms with Gasteiger partial charge in [-0.25, -0.2) is 13.3 Å². The van der Waals surface area contributed by atoms with Crippen LogP contribution in [0.25, 0.3) is 16.9 Å². The number of aliphatic hydroxyl groups is 1. The van der Waals surface area contributed by atoms with E-state index in [4.69, 9.17) is 11.6 Å². The van der Waals surface area contributed by atoms with E-state index in [0.717, 1.165) is 12.8 Å². The van der Waals surface area contributed by atoms with Crippen molar-refractivity contribution in [3.05, 3.63) is 92.4 Å². The van der Waals surface area contributed by atoms with Gasteiger partial charge < -0.3 is 15.4 Å². The molecule has 180 valence electrons. The first-order valence-corrected chi connectivity index (χ1v) is 11.5. The maximum Gasteiger partial charge on any atom is 0.275 e. The van der Waals surface area contributed by atoms with Gasteiger partial charge in [0.05, 0.1) is 17.2 Å². The van der Waals surface area contributed by atoms with Crippen molar-refractivity contribution < 1.29 is 18.7 Å². The number of benzene rings is 2. The van der Waals surface area contributed by atoms with E-state index in [0.29, 0.717) is 11.1 Å². The minimum absolute atomic E-state index is 0.0173. The lowest BCUT2D eigenvalue weighted by Gasteiger charge is -2.18. The number of rotatable bonds is 7. The van der Waals surface area contributed by atoms with Gasteiger partial charge in [0.2, 0.25) is 0 Å². The predicted molar refractivity (Wildman–Crippen MR) is 127 cm³/mol. The largest absolute Gasteiger partial charge is 0.396 e. The highest BCUT2D eigenvalue weighted by Gasteiger charge is 2.34. The van der Waals surface area contributed by atoms with Crippen LogP contribution in [0.5, 0.6) is 0 Å². The summed E-state index contributed by atoms with van der Waals surface area (Å²) in [4.78, 5) is 29.0. The molecule has 35 heavy (non-hydrogen) atoms. The zero-order valence-corrected chi connectivity index (χ0v) is 19.1. The van der Waals surface area contributed by atoms with E-state index in [1.807, 2.05) is 0 Å². The van der Waals surface area contributed by atoms with Gasteiger partial charge in [-0.3, -0.25) is 9.59 Å².